The summed E-state index contributed by atoms with van der Waals surface area (Å²) in [6.45, 7) is 4.89. The van der Waals surface area contributed by atoms with Gasteiger partial charge < -0.3 is 19.9 Å². The second-order valence-electron chi connectivity index (χ2n) is 8.92. The number of carbonyl (C=O) groups excluding carboxylic acids is 5. The van der Waals surface area contributed by atoms with Crippen molar-refractivity contribution in [2.24, 2.45) is 0 Å². The fourth-order valence-electron chi connectivity index (χ4n) is 3.41. The molecule has 12 nitrogen and oxygen atoms in total. The number of rotatable bonds is 9. The smallest absolute Gasteiger partial charge is 0.349 e. The van der Waals surface area contributed by atoms with E-state index in [4.69, 9.17) is 9.47 Å². The normalized spacial score (nSPS) is 11.8. The lowest BCUT2D eigenvalue weighted by atomic mass is 10.1. The third-order valence-electron chi connectivity index (χ3n) is 5.59. The Morgan fingerprint density at radius 3 is 1.51 bits per heavy atom. The molecule has 3 aromatic rings. The van der Waals surface area contributed by atoms with Gasteiger partial charge in [-0.25, -0.2) is 14.4 Å². The molecule has 0 unspecified atom stereocenters. The molecule has 3 amide bonds. The summed E-state index contributed by atoms with van der Waals surface area (Å²) < 4.78 is 10.3. The molecule has 0 spiro atoms. The molecule has 4 N–H and O–H groups in total. The molecular weight excluding hydrogens is 534 g/mol. The molecule has 0 saturated heterocycles. The number of carboxylic acid groups (broad SMARTS) is 1. The third kappa shape index (κ3) is 8.48. The van der Waals surface area contributed by atoms with Crippen LogP contribution in [0.4, 0.5) is 5.69 Å². The Balaban J connectivity index is 1.81. The summed E-state index contributed by atoms with van der Waals surface area (Å²) in [5, 5.41) is 12.4. The van der Waals surface area contributed by atoms with E-state index in [1.165, 1.54) is 55.5 Å². The standard InChI is InChI=1S/C29H27N3O9/c1-16-4-8-20(9-5-16)28(38)40-23(24(27(36)37)41-29(39)21-10-6-17(2)7-11-21)26(35)32-31-25(34)19-12-14-22(15-13-19)30-18(3)33/h4-15,23-24H,1-3H3,(H,30,33)(H,31,34)(H,32,35)(H,36,37)/t23-,24-/m0/s1. The SMILES string of the molecule is CC(=O)Nc1ccc(C(=O)NNC(=O)[C@@H](OC(=O)c2ccc(C)cc2)[C@H](OC(=O)c2ccc(C)cc2)C(=O)O)cc1. The van der Waals surface area contributed by atoms with Crippen LogP contribution in [0.2, 0.25) is 0 Å². The topological polar surface area (TPSA) is 177 Å². The number of carbonyl (C=O) groups is 6. The Morgan fingerprint density at radius 2 is 1.07 bits per heavy atom. The van der Waals surface area contributed by atoms with Gasteiger partial charge in [-0.3, -0.25) is 25.2 Å². The minimum atomic E-state index is -2.27. The second kappa shape index (κ2) is 13.5. The number of aryl methyl sites for hydroxylation is 2. The Morgan fingerprint density at radius 1 is 0.634 bits per heavy atom. The highest BCUT2D eigenvalue weighted by atomic mass is 16.6. The van der Waals surface area contributed by atoms with Crippen LogP contribution in [0.5, 0.6) is 0 Å². The first-order valence-electron chi connectivity index (χ1n) is 12.2. The largest absolute Gasteiger partial charge is 0.478 e. The van der Waals surface area contributed by atoms with Crippen molar-refractivity contribution in [2.45, 2.75) is 33.0 Å². The predicted octanol–water partition coefficient (Wildman–Crippen LogP) is 2.56. The average Bonchev–Trinajstić information content (AvgIpc) is 2.93. The van der Waals surface area contributed by atoms with E-state index in [-0.39, 0.29) is 22.6 Å². The number of esters is 2. The van der Waals surface area contributed by atoms with E-state index >= 15 is 0 Å². The summed E-state index contributed by atoms with van der Waals surface area (Å²) in [6.07, 6.45) is -4.47. The fraction of sp³-hybridized carbons (Fsp3) is 0.172. The summed E-state index contributed by atoms with van der Waals surface area (Å²) in [4.78, 5) is 74.4. The number of carboxylic acids is 1. The third-order valence-corrected chi connectivity index (χ3v) is 5.59. The van der Waals surface area contributed by atoms with Crippen molar-refractivity contribution in [2.75, 3.05) is 5.32 Å². The molecule has 212 valence electrons. The zero-order valence-corrected chi connectivity index (χ0v) is 22.3. The van der Waals surface area contributed by atoms with E-state index in [1.54, 1.807) is 38.1 Å². The molecule has 0 radical (unpaired) electrons. The Kier molecular flexibility index (Phi) is 9.90. The Bertz CT molecular complexity index is 1450. The van der Waals surface area contributed by atoms with Crippen molar-refractivity contribution in [1.29, 1.82) is 0 Å². The van der Waals surface area contributed by atoms with Gasteiger partial charge in [0.1, 0.15) is 0 Å². The predicted molar refractivity (Wildman–Crippen MR) is 145 cm³/mol. The molecule has 0 aliphatic heterocycles. The summed E-state index contributed by atoms with van der Waals surface area (Å²) in [6, 6.07) is 17.7. The van der Waals surface area contributed by atoms with E-state index in [0.29, 0.717) is 5.69 Å². The molecule has 41 heavy (non-hydrogen) atoms. The van der Waals surface area contributed by atoms with Crippen molar-refractivity contribution in [3.05, 3.63) is 101 Å². The monoisotopic (exact) mass is 561 g/mol. The maximum Gasteiger partial charge on any atom is 0.349 e. The number of hydrogen-bond donors (Lipinski definition) is 4. The molecule has 12 heteroatoms. The van der Waals surface area contributed by atoms with Gasteiger partial charge >= 0.3 is 17.9 Å². The highest BCUT2D eigenvalue weighted by molar-refractivity contribution is 5.99. The minimum Gasteiger partial charge on any atom is -0.478 e. The summed E-state index contributed by atoms with van der Waals surface area (Å²) in [5.74, 6) is -6.32. The van der Waals surface area contributed by atoms with Crippen molar-refractivity contribution < 1.29 is 43.3 Å². The maximum atomic E-state index is 13.1. The van der Waals surface area contributed by atoms with E-state index in [2.05, 4.69) is 10.7 Å². The quantitative estimate of drug-likeness (QED) is 0.226. The lowest BCUT2D eigenvalue weighted by Crippen LogP contribution is -2.54. The van der Waals surface area contributed by atoms with Crippen LogP contribution >= 0.6 is 0 Å². The van der Waals surface area contributed by atoms with Crippen molar-refractivity contribution in [3.8, 4) is 0 Å². The zero-order chi connectivity index (χ0) is 30.1. The number of amides is 3. The van der Waals surface area contributed by atoms with E-state index in [1.807, 2.05) is 5.43 Å². The molecule has 0 saturated carbocycles. The number of hydrogen-bond acceptors (Lipinski definition) is 8. The van der Waals surface area contributed by atoms with Gasteiger partial charge in [-0.2, -0.15) is 0 Å². The number of aliphatic carboxylic acids is 1. The molecule has 3 rings (SSSR count). The maximum absolute atomic E-state index is 13.1. The second-order valence-corrected chi connectivity index (χ2v) is 8.92. The first kappa shape index (κ1) is 30.0. The summed E-state index contributed by atoms with van der Waals surface area (Å²) >= 11 is 0. The van der Waals surface area contributed by atoms with E-state index < -0.39 is 41.9 Å². The molecule has 0 heterocycles. The van der Waals surface area contributed by atoms with Crippen molar-refractivity contribution in [1.82, 2.24) is 10.9 Å². The van der Waals surface area contributed by atoms with Crippen LogP contribution in [0.15, 0.2) is 72.8 Å². The number of ether oxygens (including phenoxy) is 2. The van der Waals surface area contributed by atoms with Gasteiger partial charge in [0.05, 0.1) is 11.1 Å². The lowest BCUT2D eigenvalue weighted by molar-refractivity contribution is -0.159. The highest BCUT2D eigenvalue weighted by Crippen LogP contribution is 2.15. The van der Waals surface area contributed by atoms with E-state index in [9.17, 15) is 33.9 Å². The highest BCUT2D eigenvalue weighted by Gasteiger charge is 2.41. The number of hydrazine groups is 1. The van der Waals surface area contributed by atoms with Crippen molar-refractivity contribution >= 4 is 41.3 Å². The molecule has 0 bridgehead atoms. The van der Waals surface area contributed by atoms with Crippen LogP contribution < -0.4 is 16.2 Å². The molecule has 0 aromatic heterocycles. The van der Waals surface area contributed by atoms with Gasteiger partial charge in [-0.15, -0.1) is 0 Å². The summed E-state index contributed by atoms with van der Waals surface area (Å²) in [5.41, 5.74) is 6.29. The van der Waals surface area contributed by atoms with Gasteiger partial charge in [0.15, 0.2) is 0 Å². The van der Waals surface area contributed by atoms with Crippen molar-refractivity contribution in [3.63, 3.8) is 0 Å². The van der Waals surface area contributed by atoms with Crippen LogP contribution in [-0.2, 0) is 23.9 Å². The molecule has 2 atom stereocenters. The van der Waals surface area contributed by atoms with E-state index in [0.717, 1.165) is 11.1 Å². The van der Waals surface area contributed by atoms with Gasteiger partial charge in [-0.05, 0) is 62.4 Å². The first-order chi connectivity index (χ1) is 19.4. The van der Waals surface area contributed by atoms with Gasteiger partial charge in [0, 0.05) is 18.2 Å². The number of benzene rings is 3. The minimum absolute atomic E-state index is 0.00174. The zero-order valence-electron chi connectivity index (χ0n) is 22.3. The number of anilines is 1. The fourth-order valence-corrected chi connectivity index (χ4v) is 3.41. The average molecular weight is 562 g/mol. The molecule has 0 fully saturated rings. The Labute approximate surface area is 234 Å². The van der Waals surface area contributed by atoms with Gasteiger partial charge in [0.2, 0.25) is 18.1 Å². The van der Waals surface area contributed by atoms with Crippen LogP contribution in [0, 0.1) is 13.8 Å². The van der Waals surface area contributed by atoms with Crippen LogP contribution in [0.1, 0.15) is 49.1 Å². The molecule has 0 aliphatic carbocycles. The lowest BCUT2D eigenvalue weighted by Gasteiger charge is -2.23. The van der Waals surface area contributed by atoms with Gasteiger partial charge in [-0.1, -0.05) is 35.4 Å². The van der Waals surface area contributed by atoms with Crippen LogP contribution in [0.25, 0.3) is 0 Å². The molecular formula is C29H27N3O9. The first-order valence-corrected chi connectivity index (χ1v) is 12.2. The Hall–Kier alpha value is -5.52. The van der Waals surface area contributed by atoms with Crippen LogP contribution in [0.3, 0.4) is 0 Å². The van der Waals surface area contributed by atoms with Gasteiger partial charge in [0.25, 0.3) is 11.8 Å². The number of nitrogens with one attached hydrogen (secondary N) is 3. The van der Waals surface area contributed by atoms with Crippen LogP contribution in [-0.4, -0.2) is 52.9 Å². The molecule has 3 aromatic carbocycles. The summed E-state index contributed by atoms with van der Waals surface area (Å²) in [7, 11) is 0. The molecule has 0 aliphatic rings.